The molecule has 0 saturated heterocycles. The Kier molecular flexibility index (Phi) is 3.80. The van der Waals surface area contributed by atoms with Crippen molar-refractivity contribution in [2.75, 3.05) is 0 Å². The topological polar surface area (TPSA) is 53.1 Å². The average molecular weight is 354 g/mol. The molecule has 3 nitrogen and oxygen atoms in total. The van der Waals surface area contributed by atoms with Crippen molar-refractivity contribution in [1.29, 1.82) is 0 Å². The molecule has 0 atom stereocenters. The number of nitrogens with one attached hydrogen (secondary N) is 1. The number of alkyl halides is 3. The van der Waals surface area contributed by atoms with Crippen LogP contribution in [0.3, 0.4) is 0 Å². The van der Waals surface area contributed by atoms with E-state index >= 15 is 0 Å². The molecule has 2 N–H and O–H groups in total. The minimum atomic E-state index is -4.52. The lowest BCUT2D eigenvalue weighted by atomic mass is 9.95. The van der Waals surface area contributed by atoms with Crippen LogP contribution in [0.2, 0.25) is 5.02 Å². The number of H-pyrrole nitrogens is 1. The Morgan fingerprint density at radius 1 is 1.12 bits per heavy atom. The number of aromatic amines is 1. The summed E-state index contributed by atoms with van der Waals surface area (Å²) < 4.78 is 39.1. The van der Waals surface area contributed by atoms with Gasteiger partial charge in [0.1, 0.15) is 5.75 Å². The minimum Gasteiger partial charge on any atom is -0.507 e. The number of phenols is 1. The van der Waals surface area contributed by atoms with Crippen LogP contribution in [-0.2, 0) is 6.18 Å². The largest absolute Gasteiger partial charge is 0.507 e. The van der Waals surface area contributed by atoms with Crippen molar-refractivity contribution in [3.63, 3.8) is 0 Å². The predicted molar refractivity (Wildman–Crippen MR) is 86.4 cm³/mol. The van der Waals surface area contributed by atoms with Crippen molar-refractivity contribution in [3.05, 3.63) is 62.9 Å². The summed E-state index contributed by atoms with van der Waals surface area (Å²) >= 11 is 5.94. The molecule has 124 valence electrons. The van der Waals surface area contributed by atoms with Crippen LogP contribution >= 0.6 is 11.6 Å². The van der Waals surface area contributed by atoms with Gasteiger partial charge >= 0.3 is 6.18 Å². The lowest BCUT2D eigenvalue weighted by molar-refractivity contribution is -0.137. The van der Waals surface area contributed by atoms with Crippen LogP contribution in [0, 0.1) is 6.92 Å². The van der Waals surface area contributed by atoms with E-state index in [4.69, 9.17) is 11.6 Å². The highest BCUT2D eigenvalue weighted by molar-refractivity contribution is 6.31. The molecule has 0 aliphatic heterocycles. The summed E-state index contributed by atoms with van der Waals surface area (Å²) in [6.45, 7) is 1.48. The molecule has 0 aliphatic rings. The molecular formula is C17H11ClF3NO2. The summed E-state index contributed by atoms with van der Waals surface area (Å²) in [5, 5.41) is 10.6. The first kappa shape index (κ1) is 16.4. The predicted octanol–water partition coefficient (Wildman–Crippen LogP) is 4.88. The lowest BCUT2D eigenvalue weighted by Crippen LogP contribution is -2.12. The summed E-state index contributed by atoms with van der Waals surface area (Å²) in [6, 6.07) is 7.25. The zero-order valence-corrected chi connectivity index (χ0v) is 13.1. The number of benzene rings is 2. The van der Waals surface area contributed by atoms with Crippen LogP contribution in [0.15, 0.2) is 41.2 Å². The first-order chi connectivity index (χ1) is 11.2. The van der Waals surface area contributed by atoms with Crippen molar-refractivity contribution in [3.8, 4) is 16.9 Å². The molecule has 24 heavy (non-hydrogen) atoms. The molecule has 0 bridgehead atoms. The normalized spacial score (nSPS) is 11.9. The standard InChI is InChI=1S/C17H11ClF3NO2/c1-8-15(12-7-10(18)3-5-14(12)23)11-6-9(17(19,20)21)2-4-13(11)22-16(8)24/h2-7,23H,1H3,(H,22,24). The number of halogens is 4. The van der Waals surface area contributed by atoms with Gasteiger partial charge in [-0.25, -0.2) is 0 Å². The molecule has 0 radical (unpaired) electrons. The van der Waals surface area contributed by atoms with Crippen LogP contribution in [0.1, 0.15) is 11.1 Å². The number of aromatic hydroxyl groups is 1. The van der Waals surface area contributed by atoms with Crippen LogP contribution in [0.25, 0.3) is 22.0 Å². The molecular weight excluding hydrogens is 343 g/mol. The second kappa shape index (κ2) is 5.56. The Morgan fingerprint density at radius 3 is 2.50 bits per heavy atom. The second-order valence-electron chi connectivity index (χ2n) is 5.37. The van der Waals surface area contributed by atoms with Crippen molar-refractivity contribution in [1.82, 2.24) is 4.98 Å². The first-order valence-corrected chi connectivity index (χ1v) is 7.29. The summed E-state index contributed by atoms with van der Waals surface area (Å²) in [7, 11) is 0. The molecule has 0 unspecified atom stereocenters. The Bertz CT molecular complexity index is 1010. The fraction of sp³-hybridized carbons (Fsp3) is 0.118. The van der Waals surface area contributed by atoms with E-state index in [1.807, 2.05) is 0 Å². The zero-order chi connectivity index (χ0) is 17.6. The van der Waals surface area contributed by atoms with Crippen LogP contribution in [0.4, 0.5) is 13.2 Å². The summed E-state index contributed by atoms with van der Waals surface area (Å²) in [5.41, 5.74) is -0.427. The van der Waals surface area contributed by atoms with Gasteiger partial charge in [0.25, 0.3) is 5.56 Å². The fourth-order valence-electron chi connectivity index (χ4n) is 2.62. The molecule has 3 rings (SSSR count). The quantitative estimate of drug-likeness (QED) is 0.655. The highest BCUT2D eigenvalue weighted by atomic mass is 35.5. The number of pyridine rings is 1. The molecule has 0 fully saturated rings. The molecule has 1 heterocycles. The molecule has 0 aliphatic carbocycles. The smallest absolute Gasteiger partial charge is 0.416 e. The van der Waals surface area contributed by atoms with Gasteiger partial charge in [0.2, 0.25) is 0 Å². The Hall–Kier alpha value is -2.47. The number of fused-ring (bicyclic) bond motifs is 1. The minimum absolute atomic E-state index is 0.174. The van der Waals surface area contributed by atoms with Gasteiger partial charge in [0.15, 0.2) is 0 Å². The van der Waals surface area contributed by atoms with Crippen molar-refractivity contribution in [2.24, 2.45) is 0 Å². The monoisotopic (exact) mass is 353 g/mol. The third-order valence-corrected chi connectivity index (χ3v) is 4.04. The van der Waals surface area contributed by atoms with E-state index < -0.39 is 17.3 Å². The van der Waals surface area contributed by atoms with Crippen molar-refractivity contribution in [2.45, 2.75) is 13.1 Å². The summed E-state index contributed by atoms with van der Waals surface area (Å²) in [4.78, 5) is 14.7. The first-order valence-electron chi connectivity index (χ1n) is 6.91. The van der Waals surface area contributed by atoms with E-state index in [2.05, 4.69) is 4.98 Å². The van der Waals surface area contributed by atoms with Gasteiger partial charge in [-0.15, -0.1) is 0 Å². The number of rotatable bonds is 1. The maximum atomic E-state index is 13.0. The molecule has 0 amide bonds. The van der Waals surface area contributed by atoms with E-state index in [9.17, 15) is 23.1 Å². The van der Waals surface area contributed by atoms with Gasteiger partial charge in [-0.05, 0) is 43.3 Å². The highest BCUT2D eigenvalue weighted by Crippen LogP contribution is 2.39. The van der Waals surface area contributed by atoms with Gasteiger partial charge < -0.3 is 10.1 Å². The van der Waals surface area contributed by atoms with Gasteiger partial charge in [0, 0.05) is 32.6 Å². The van der Waals surface area contributed by atoms with Crippen LogP contribution in [-0.4, -0.2) is 10.1 Å². The van der Waals surface area contributed by atoms with Crippen molar-refractivity contribution >= 4 is 22.5 Å². The third kappa shape index (κ3) is 2.73. The Labute approximate surface area is 139 Å². The number of hydrogen-bond donors (Lipinski definition) is 2. The van der Waals surface area contributed by atoms with Crippen LogP contribution < -0.4 is 5.56 Å². The van der Waals surface area contributed by atoms with Gasteiger partial charge in [-0.1, -0.05) is 11.6 Å². The highest BCUT2D eigenvalue weighted by Gasteiger charge is 2.31. The molecule has 7 heteroatoms. The van der Waals surface area contributed by atoms with Crippen LogP contribution in [0.5, 0.6) is 5.75 Å². The van der Waals surface area contributed by atoms with Gasteiger partial charge in [0.05, 0.1) is 5.56 Å². The van der Waals surface area contributed by atoms with Gasteiger partial charge in [-0.2, -0.15) is 13.2 Å². The Balaban J connectivity index is 2.46. The second-order valence-corrected chi connectivity index (χ2v) is 5.81. The SMILES string of the molecule is Cc1c(-c2cc(Cl)ccc2O)c2cc(C(F)(F)F)ccc2[nH]c1=O. The van der Waals surface area contributed by atoms with E-state index in [1.54, 1.807) is 0 Å². The number of phenolic OH excluding ortho intramolecular Hbond substituents is 1. The molecule has 1 aromatic heterocycles. The number of hydrogen-bond acceptors (Lipinski definition) is 2. The maximum Gasteiger partial charge on any atom is 0.416 e. The third-order valence-electron chi connectivity index (χ3n) is 3.81. The molecule has 2 aromatic carbocycles. The van der Waals surface area contributed by atoms with E-state index in [-0.39, 0.29) is 33.3 Å². The molecule has 0 saturated carbocycles. The Morgan fingerprint density at radius 2 is 1.83 bits per heavy atom. The summed E-state index contributed by atoms with van der Waals surface area (Å²) in [5.74, 6) is -0.174. The number of aromatic nitrogens is 1. The maximum absolute atomic E-state index is 13.0. The fourth-order valence-corrected chi connectivity index (χ4v) is 2.80. The molecule has 3 aromatic rings. The van der Waals surface area contributed by atoms with Gasteiger partial charge in [-0.3, -0.25) is 4.79 Å². The molecule has 0 spiro atoms. The average Bonchev–Trinajstić information content (AvgIpc) is 2.50. The zero-order valence-electron chi connectivity index (χ0n) is 12.3. The van der Waals surface area contributed by atoms with Crippen molar-refractivity contribution < 1.29 is 18.3 Å². The van der Waals surface area contributed by atoms with E-state index in [1.165, 1.54) is 31.2 Å². The van der Waals surface area contributed by atoms with E-state index in [0.717, 1.165) is 12.1 Å². The lowest BCUT2D eigenvalue weighted by Gasteiger charge is -2.14. The summed E-state index contributed by atoms with van der Waals surface area (Å²) in [6.07, 6.45) is -4.52. The van der Waals surface area contributed by atoms with E-state index in [0.29, 0.717) is 5.02 Å².